The van der Waals surface area contributed by atoms with E-state index >= 15 is 0 Å². The molecule has 4 heteroatoms. The Morgan fingerprint density at radius 2 is 2.21 bits per heavy atom. The number of nitrogens with zero attached hydrogens (tertiary/aromatic N) is 2. The molecule has 0 amide bonds. The lowest BCUT2D eigenvalue weighted by molar-refractivity contribution is 0.0535. The number of phenols is 1. The van der Waals surface area contributed by atoms with Crippen LogP contribution in [0.4, 0.5) is 0 Å². The van der Waals surface area contributed by atoms with Gasteiger partial charge in [-0.1, -0.05) is 15.9 Å². The van der Waals surface area contributed by atoms with Gasteiger partial charge in [-0.2, -0.15) is 0 Å². The smallest absolute Gasteiger partial charge is 0.120 e. The lowest BCUT2D eigenvalue weighted by Gasteiger charge is -2.42. The van der Waals surface area contributed by atoms with Crippen LogP contribution in [-0.4, -0.2) is 46.6 Å². The van der Waals surface area contributed by atoms with Gasteiger partial charge in [0, 0.05) is 41.8 Å². The Morgan fingerprint density at radius 1 is 1.37 bits per heavy atom. The summed E-state index contributed by atoms with van der Waals surface area (Å²) in [6, 6.07) is 6.98. The first kappa shape index (κ1) is 13.4. The van der Waals surface area contributed by atoms with E-state index in [1.54, 1.807) is 6.07 Å². The number of piperazine rings is 1. The van der Waals surface area contributed by atoms with E-state index in [9.17, 15) is 5.11 Å². The molecule has 1 aromatic rings. The largest absolute Gasteiger partial charge is 0.508 e. The molecule has 2 atom stereocenters. The minimum atomic E-state index is 0.407. The van der Waals surface area contributed by atoms with E-state index in [0.717, 1.165) is 29.2 Å². The van der Waals surface area contributed by atoms with Crippen LogP contribution in [0.3, 0.4) is 0 Å². The van der Waals surface area contributed by atoms with Gasteiger partial charge >= 0.3 is 0 Å². The van der Waals surface area contributed by atoms with Crippen LogP contribution in [0.25, 0.3) is 0 Å². The van der Waals surface area contributed by atoms with Gasteiger partial charge in [0.05, 0.1) is 0 Å². The second-order valence-electron chi connectivity index (χ2n) is 5.84. The van der Waals surface area contributed by atoms with E-state index < -0.39 is 0 Å². The summed E-state index contributed by atoms with van der Waals surface area (Å²) in [4.78, 5) is 5.13. The van der Waals surface area contributed by atoms with E-state index in [1.165, 1.54) is 25.9 Å². The van der Waals surface area contributed by atoms with Gasteiger partial charge in [-0.3, -0.25) is 9.80 Å². The molecule has 1 N–H and O–H groups in total. The summed E-state index contributed by atoms with van der Waals surface area (Å²) in [6.07, 6.45) is 2.67. The van der Waals surface area contributed by atoms with E-state index in [4.69, 9.17) is 0 Å². The van der Waals surface area contributed by atoms with Gasteiger partial charge in [0.1, 0.15) is 5.75 Å². The van der Waals surface area contributed by atoms with Crippen molar-refractivity contribution in [1.82, 2.24) is 9.80 Å². The van der Waals surface area contributed by atoms with Gasteiger partial charge in [-0.25, -0.2) is 0 Å². The first-order chi connectivity index (χ1) is 9.13. The van der Waals surface area contributed by atoms with Gasteiger partial charge in [-0.05, 0) is 44.5 Å². The second kappa shape index (κ2) is 5.43. The molecule has 0 bridgehead atoms. The molecule has 104 valence electrons. The average molecular weight is 325 g/mol. The van der Waals surface area contributed by atoms with Crippen molar-refractivity contribution in [3.05, 3.63) is 28.2 Å². The number of benzene rings is 1. The number of fused-ring (bicyclic) bond motifs is 1. The topological polar surface area (TPSA) is 26.7 Å². The number of halogens is 1. The molecule has 0 aliphatic carbocycles. The van der Waals surface area contributed by atoms with Crippen LogP contribution < -0.4 is 0 Å². The van der Waals surface area contributed by atoms with Crippen molar-refractivity contribution in [2.75, 3.05) is 19.6 Å². The van der Waals surface area contributed by atoms with E-state index in [2.05, 4.69) is 32.7 Å². The third-order valence-electron chi connectivity index (χ3n) is 4.48. The van der Waals surface area contributed by atoms with Gasteiger partial charge in [0.25, 0.3) is 0 Å². The molecule has 2 aliphatic rings. The highest BCUT2D eigenvalue weighted by molar-refractivity contribution is 9.10. The Hall–Kier alpha value is -0.580. The Balaban J connectivity index is 1.73. The van der Waals surface area contributed by atoms with Crippen molar-refractivity contribution in [3.8, 4) is 5.75 Å². The third-order valence-corrected chi connectivity index (χ3v) is 4.97. The van der Waals surface area contributed by atoms with Crippen molar-refractivity contribution in [2.24, 2.45) is 0 Å². The van der Waals surface area contributed by atoms with Crippen LogP contribution in [0.15, 0.2) is 22.7 Å². The predicted octanol–water partition coefficient (Wildman–Crippen LogP) is 2.82. The third kappa shape index (κ3) is 2.81. The zero-order valence-corrected chi connectivity index (χ0v) is 12.9. The van der Waals surface area contributed by atoms with Crippen molar-refractivity contribution in [2.45, 2.75) is 38.4 Å². The van der Waals surface area contributed by atoms with Crippen molar-refractivity contribution < 1.29 is 5.11 Å². The van der Waals surface area contributed by atoms with Gasteiger partial charge < -0.3 is 5.11 Å². The standard InChI is InChI=1S/C15H21BrN2O/c1-11-8-17-6-2-3-14(17)10-18(11)9-12-7-13(16)4-5-15(12)19/h4-5,7,11,14,19H,2-3,6,8-10H2,1H3. The summed E-state index contributed by atoms with van der Waals surface area (Å²) in [5, 5.41) is 9.98. The Bertz CT molecular complexity index is 465. The summed E-state index contributed by atoms with van der Waals surface area (Å²) in [5.41, 5.74) is 1.02. The zero-order chi connectivity index (χ0) is 13.4. The fourth-order valence-corrected chi connectivity index (χ4v) is 3.78. The molecule has 3 rings (SSSR count). The molecular weight excluding hydrogens is 304 g/mol. The first-order valence-corrected chi connectivity index (χ1v) is 7.88. The summed E-state index contributed by atoms with van der Waals surface area (Å²) in [5.74, 6) is 0.407. The number of aromatic hydroxyl groups is 1. The molecule has 0 saturated carbocycles. The van der Waals surface area contributed by atoms with Crippen molar-refractivity contribution in [3.63, 3.8) is 0 Å². The van der Waals surface area contributed by atoms with Gasteiger partial charge in [0.15, 0.2) is 0 Å². The Labute approximate surface area is 123 Å². The minimum absolute atomic E-state index is 0.407. The molecule has 1 aromatic carbocycles. The molecule has 3 nitrogen and oxygen atoms in total. The van der Waals surface area contributed by atoms with Crippen LogP contribution in [0.2, 0.25) is 0 Å². The van der Waals surface area contributed by atoms with Crippen LogP contribution in [0.5, 0.6) is 5.75 Å². The fraction of sp³-hybridized carbons (Fsp3) is 0.600. The average Bonchev–Trinajstić information content (AvgIpc) is 2.81. The number of phenolic OH excluding ortho intramolecular Hbond substituents is 1. The normalized spacial score (nSPS) is 28.5. The van der Waals surface area contributed by atoms with E-state index in [0.29, 0.717) is 11.8 Å². The molecule has 0 spiro atoms. The molecule has 0 radical (unpaired) electrons. The monoisotopic (exact) mass is 324 g/mol. The summed E-state index contributed by atoms with van der Waals surface area (Å²) in [7, 11) is 0. The number of rotatable bonds is 2. The van der Waals surface area contributed by atoms with E-state index in [-0.39, 0.29) is 0 Å². The number of hydrogen-bond acceptors (Lipinski definition) is 3. The fourth-order valence-electron chi connectivity index (χ4n) is 3.37. The highest BCUT2D eigenvalue weighted by atomic mass is 79.9. The van der Waals surface area contributed by atoms with Crippen LogP contribution in [0, 0.1) is 0 Å². The Kier molecular flexibility index (Phi) is 3.83. The SMILES string of the molecule is CC1CN2CCCC2CN1Cc1cc(Br)ccc1O. The molecule has 2 saturated heterocycles. The van der Waals surface area contributed by atoms with E-state index in [1.807, 2.05) is 12.1 Å². The quantitative estimate of drug-likeness (QED) is 0.906. The summed E-state index contributed by atoms with van der Waals surface area (Å²) in [6.45, 7) is 6.71. The first-order valence-electron chi connectivity index (χ1n) is 7.09. The molecule has 2 aliphatic heterocycles. The minimum Gasteiger partial charge on any atom is -0.508 e. The maximum atomic E-state index is 9.98. The molecule has 19 heavy (non-hydrogen) atoms. The molecule has 2 unspecified atom stereocenters. The zero-order valence-electron chi connectivity index (χ0n) is 11.3. The highest BCUT2D eigenvalue weighted by Gasteiger charge is 2.34. The predicted molar refractivity (Wildman–Crippen MR) is 80.3 cm³/mol. The van der Waals surface area contributed by atoms with Crippen LogP contribution >= 0.6 is 15.9 Å². The van der Waals surface area contributed by atoms with Crippen molar-refractivity contribution >= 4 is 15.9 Å². The Morgan fingerprint density at radius 3 is 3.05 bits per heavy atom. The summed E-state index contributed by atoms with van der Waals surface area (Å²) >= 11 is 3.48. The molecule has 2 fully saturated rings. The molecular formula is C15H21BrN2O. The highest BCUT2D eigenvalue weighted by Crippen LogP contribution is 2.28. The lowest BCUT2D eigenvalue weighted by atomic mass is 10.1. The lowest BCUT2D eigenvalue weighted by Crippen LogP contribution is -2.54. The van der Waals surface area contributed by atoms with Crippen molar-refractivity contribution in [1.29, 1.82) is 0 Å². The molecule has 0 aromatic heterocycles. The second-order valence-corrected chi connectivity index (χ2v) is 6.76. The van der Waals surface area contributed by atoms with Gasteiger partial charge in [-0.15, -0.1) is 0 Å². The van der Waals surface area contributed by atoms with Gasteiger partial charge in [0.2, 0.25) is 0 Å². The van der Waals surface area contributed by atoms with Crippen LogP contribution in [-0.2, 0) is 6.54 Å². The summed E-state index contributed by atoms with van der Waals surface area (Å²) < 4.78 is 1.03. The van der Waals surface area contributed by atoms with Crippen LogP contribution in [0.1, 0.15) is 25.3 Å². The maximum absolute atomic E-state index is 9.98. The molecule has 2 heterocycles. The maximum Gasteiger partial charge on any atom is 0.120 e. The number of hydrogen-bond donors (Lipinski definition) is 1.